The summed E-state index contributed by atoms with van der Waals surface area (Å²) >= 11 is 0. The number of phosphoric acid groups is 1. The second-order valence-corrected chi connectivity index (χ2v) is 27.3. The minimum atomic E-state index is -4.65. The lowest BCUT2D eigenvalue weighted by atomic mass is 10.0. The Morgan fingerprint density at radius 1 is 0.364 bits per heavy atom. The van der Waals surface area contributed by atoms with Crippen LogP contribution in [0.2, 0.25) is 0 Å². The molecule has 0 aliphatic rings. The number of quaternary nitrogens is 1. The van der Waals surface area contributed by atoms with Crippen molar-refractivity contribution in [3.8, 4) is 0 Å². The number of likely N-dealkylation sites (N-methyl/N-ethyl adjacent to an activating group) is 1. The number of esters is 2. The minimum absolute atomic E-state index is 0.0340. The maximum atomic E-state index is 12.9. The van der Waals surface area contributed by atoms with Gasteiger partial charge >= 0.3 is 11.9 Å². The van der Waals surface area contributed by atoms with Gasteiger partial charge in [-0.05, 0) is 96.3 Å². The molecule has 0 fully saturated rings. The van der Waals surface area contributed by atoms with E-state index in [2.05, 4.69) is 111 Å². The second-order valence-electron chi connectivity index (χ2n) is 25.9. The Kier molecular flexibility index (Phi) is 65.9. The van der Waals surface area contributed by atoms with Crippen molar-refractivity contribution in [1.29, 1.82) is 0 Å². The molecule has 9 nitrogen and oxygen atoms in total. The zero-order chi connectivity index (χ0) is 64.1. The molecule has 10 heteroatoms. The number of unbranched alkanes of at least 4 members (excludes halogenated alkanes) is 38. The molecule has 0 aromatic rings. The lowest BCUT2D eigenvalue weighted by molar-refractivity contribution is -0.870. The van der Waals surface area contributed by atoms with Crippen molar-refractivity contribution in [2.75, 3.05) is 47.5 Å². The highest BCUT2D eigenvalue weighted by Crippen LogP contribution is 2.38. The van der Waals surface area contributed by atoms with Gasteiger partial charge in [-0.1, -0.05) is 323 Å². The predicted octanol–water partition coefficient (Wildman–Crippen LogP) is 23.6. The monoisotopic (exact) mass is 1250 g/mol. The molecule has 0 amide bonds. The van der Waals surface area contributed by atoms with Crippen molar-refractivity contribution < 1.29 is 42.1 Å². The lowest BCUT2D eigenvalue weighted by Crippen LogP contribution is -2.37. The summed E-state index contributed by atoms with van der Waals surface area (Å²) in [4.78, 5) is 38.1. The highest BCUT2D eigenvalue weighted by Gasteiger charge is 2.22. The first-order valence-corrected chi connectivity index (χ1v) is 38.4. The molecular weight excluding hydrogens is 1110 g/mol. The number of carbonyl (C=O) groups is 2. The van der Waals surface area contributed by atoms with E-state index >= 15 is 0 Å². The van der Waals surface area contributed by atoms with Gasteiger partial charge in [-0.2, -0.15) is 0 Å². The average Bonchev–Trinajstić information content (AvgIpc) is 3.68. The van der Waals surface area contributed by atoms with Gasteiger partial charge in [0.15, 0.2) is 6.10 Å². The Morgan fingerprint density at radius 3 is 0.966 bits per heavy atom. The van der Waals surface area contributed by atoms with Crippen LogP contribution in [0, 0.1) is 0 Å². The second kappa shape index (κ2) is 68.3. The van der Waals surface area contributed by atoms with Gasteiger partial charge < -0.3 is 27.9 Å². The summed E-state index contributed by atoms with van der Waals surface area (Å²) < 4.78 is 34.4. The molecule has 0 saturated heterocycles. The Labute approximate surface area is 544 Å². The molecule has 510 valence electrons. The number of ether oxygens (including phenoxy) is 2. The first-order chi connectivity index (χ1) is 43.0. The van der Waals surface area contributed by atoms with E-state index in [0.29, 0.717) is 17.4 Å². The van der Waals surface area contributed by atoms with Crippen LogP contribution in [0.4, 0.5) is 0 Å². The molecule has 0 saturated carbocycles. The van der Waals surface area contributed by atoms with Gasteiger partial charge in [-0.3, -0.25) is 14.2 Å². The quantitative estimate of drug-likeness (QED) is 0.0195. The summed E-state index contributed by atoms with van der Waals surface area (Å²) in [5, 5.41) is 0. The predicted molar refractivity (Wildman–Crippen MR) is 379 cm³/mol. The van der Waals surface area contributed by atoms with Crippen molar-refractivity contribution in [3.63, 3.8) is 0 Å². The van der Waals surface area contributed by atoms with E-state index in [4.69, 9.17) is 18.5 Å². The molecule has 0 rings (SSSR count). The maximum absolute atomic E-state index is 12.9. The normalized spacial score (nSPS) is 13.7. The van der Waals surface area contributed by atoms with Gasteiger partial charge in [0.05, 0.1) is 27.7 Å². The smallest absolute Gasteiger partial charge is 0.306 e. The van der Waals surface area contributed by atoms with Crippen LogP contribution < -0.4 is 4.89 Å². The molecule has 0 aromatic heterocycles. The van der Waals surface area contributed by atoms with Gasteiger partial charge in [0.2, 0.25) is 0 Å². The molecule has 0 aromatic carbocycles. The summed E-state index contributed by atoms with van der Waals surface area (Å²) in [5.41, 5.74) is 0. The molecule has 2 unspecified atom stereocenters. The van der Waals surface area contributed by atoms with Crippen LogP contribution in [-0.2, 0) is 32.7 Å². The van der Waals surface area contributed by atoms with Crippen LogP contribution in [0.25, 0.3) is 0 Å². The molecule has 0 radical (unpaired) electrons. The van der Waals surface area contributed by atoms with E-state index in [1.54, 1.807) is 0 Å². The zero-order valence-electron chi connectivity index (χ0n) is 58.2. The first kappa shape index (κ1) is 84.9. The number of hydrogen-bond acceptors (Lipinski definition) is 8. The van der Waals surface area contributed by atoms with E-state index in [9.17, 15) is 19.0 Å². The van der Waals surface area contributed by atoms with Crippen LogP contribution in [0.1, 0.15) is 335 Å². The standard InChI is InChI=1S/C78H140NO8P/c1-6-8-10-12-14-16-18-20-22-24-26-28-30-32-34-36-37-38-39-40-41-43-44-46-48-50-52-54-56-58-60-62-64-66-68-70-77(80)84-74-76(75-86-88(82,83)85-73-72-79(3,4)5)87-78(81)71-69-67-65-63-61-59-57-55-53-51-49-47-45-42-35-33-31-29-27-25-23-21-19-17-15-13-11-9-7-2/h9,11,15,17-18,20-21,23-24,26-27,29,33,35,45,47,76H,6-8,10,12-14,16,19,22,25,28,30-32,34,36-44,46,48-75H2,1-5H3/b11-9-,17-15-,20-18-,23-21-,26-24-,29-27-,35-33-,47-45-. The highest BCUT2D eigenvalue weighted by molar-refractivity contribution is 7.45. The summed E-state index contributed by atoms with van der Waals surface area (Å²) in [6.45, 7) is 4.15. The van der Waals surface area contributed by atoms with Crippen LogP contribution in [0.3, 0.4) is 0 Å². The number of rotatable bonds is 68. The largest absolute Gasteiger partial charge is 0.756 e. The summed E-state index contributed by atoms with van der Waals surface area (Å²) in [6.07, 6.45) is 95.0. The number of phosphoric ester groups is 1. The van der Waals surface area contributed by atoms with E-state index in [1.807, 2.05) is 21.1 Å². The Balaban J connectivity index is 4.00. The van der Waals surface area contributed by atoms with Crippen molar-refractivity contribution in [2.45, 2.75) is 341 Å². The third kappa shape index (κ3) is 72.0. The fourth-order valence-electron chi connectivity index (χ4n) is 10.5. The molecule has 88 heavy (non-hydrogen) atoms. The van der Waals surface area contributed by atoms with Gasteiger partial charge in [-0.15, -0.1) is 0 Å². The molecule has 0 aliphatic carbocycles. The number of hydrogen-bond donors (Lipinski definition) is 0. The lowest BCUT2D eigenvalue weighted by Gasteiger charge is -2.28. The van der Waals surface area contributed by atoms with Crippen LogP contribution in [0.5, 0.6) is 0 Å². The Hall–Kier alpha value is -3.07. The molecular formula is C78H140NO8P. The summed E-state index contributed by atoms with van der Waals surface area (Å²) in [7, 11) is 1.17. The first-order valence-electron chi connectivity index (χ1n) is 36.9. The van der Waals surface area contributed by atoms with Crippen molar-refractivity contribution in [2.24, 2.45) is 0 Å². The van der Waals surface area contributed by atoms with Gasteiger partial charge in [0, 0.05) is 12.8 Å². The molecule has 0 spiro atoms. The van der Waals surface area contributed by atoms with E-state index in [-0.39, 0.29) is 32.0 Å². The number of nitrogens with zero attached hydrogens (tertiary/aromatic N) is 1. The number of allylic oxidation sites excluding steroid dienone is 16. The SMILES string of the molecule is CC/C=C\C/C=C\C/C=C\C/C=C\C/C=C\C/C=C\CCCCCCCCCCCCC(=O)OC(COC(=O)CCCCCCCCCCCCCCCCCCCCCCCCC/C=C\C/C=C\CCCCCCC)COP(=O)([O-])OCC[N+](C)(C)C. The summed E-state index contributed by atoms with van der Waals surface area (Å²) in [5.74, 6) is -0.829. The third-order valence-corrected chi connectivity index (χ3v) is 17.1. The van der Waals surface area contributed by atoms with Crippen LogP contribution in [-0.4, -0.2) is 70.0 Å². The van der Waals surface area contributed by atoms with E-state index in [1.165, 1.54) is 212 Å². The van der Waals surface area contributed by atoms with Crippen molar-refractivity contribution >= 4 is 19.8 Å². The molecule has 0 N–H and O–H groups in total. The highest BCUT2D eigenvalue weighted by atomic mass is 31.2. The molecule has 0 heterocycles. The van der Waals surface area contributed by atoms with Crippen LogP contribution in [0.15, 0.2) is 97.2 Å². The van der Waals surface area contributed by atoms with Crippen molar-refractivity contribution in [3.05, 3.63) is 97.2 Å². The average molecular weight is 1250 g/mol. The van der Waals surface area contributed by atoms with Gasteiger partial charge in [0.1, 0.15) is 19.8 Å². The minimum Gasteiger partial charge on any atom is -0.756 e. The molecule has 0 bridgehead atoms. The Morgan fingerprint density at radius 2 is 0.648 bits per heavy atom. The zero-order valence-corrected chi connectivity index (χ0v) is 59.1. The maximum Gasteiger partial charge on any atom is 0.306 e. The molecule has 2 atom stereocenters. The third-order valence-electron chi connectivity index (χ3n) is 16.1. The van der Waals surface area contributed by atoms with Gasteiger partial charge in [-0.25, -0.2) is 0 Å². The van der Waals surface area contributed by atoms with E-state index in [0.717, 1.165) is 89.9 Å². The fourth-order valence-corrected chi connectivity index (χ4v) is 11.2. The van der Waals surface area contributed by atoms with Crippen molar-refractivity contribution in [1.82, 2.24) is 0 Å². The van der Waals surface area contributed by atoms with Crippen LogP contribution >= 0.6 is 7.82 Å². The topological polar surface area (TPSA) is 111 Å². The molecule has 0 aliphatic heterocycles. The fraction of sp³-hybridized carbons (Fsp3) is 0.769. The van der Waals surface area contributed by atoms with E-state index < -0.39 is 26.5 Å². The summed E-state index contributed by atoms with van der Waals surface area (Å²) in [6, 6.07) is 0. The number of carbonyl (C=O) groups excluding carboxylic acids is 2. The Bertz CT molecular complexity index is 1810. The van der Waals surface area contributed by atoms with Gasteiger partial charge in [0.25, 0.3) is 7.82 Å².